The summed E-state index contributed by atoms with van der Waals surface area (Å²) in [6.45, 7) is 13.3. The van der Waals surface area contributed by atoms with Gasteiger partial charge in [-0.25, -0.2) is 14.4 Å². The molecule has 0 bridgehead atoms. The first-order chi connectivity index (χ1) is 17.5. The number of hydrogen-bond acceptors (Lipinski definition) is 11. The monoisotopic (exact) mass is 595 g/mol. The molecule has 1 unspecified atom stereocenters. The summed E-state index contributed by atoms with van der Waals surface area (Å²) < 4.78 is 29.8. The minimum Gasteiger partial charge on any atom is -0.462 e. The van der Waals surface area contributed by atoms with Gasteiger partial charge >= 0.3 is 19.7 Å². The maximum Gasteiger partial charge on any atom is 0.406 e. The second kappa shape index (κ2) is 13.8. The third-order valence-electron chi connectivity index (χ3n) is 5.21. The highest BCUT2D eigenvalue weighted by Crippen LogP contribution is 2.47. The average molecular weight is 596 g/mol. The molecule has 2 aliphatic rings. The summed E-state index contributed by atoms with van der Waals surface area (Å²) in [5, 5.41) is 24.6. The molecule has 38 heavy (non-hydrogen) atoms. The van der Waals surface area contributed by atoms with E-state index < -0.39 is 60.1 Å². The van der Waals surface area contributed by atoms with Crippen LogP contribution in [0.2, 0.25) is 0 Å². The first-order valence-electron chi connectivity index (χ1n) is 12.1. The number of nitrogens with one attached hydrogen (secondary N) is 2. The number of amides is 2. The number of aliphatic hydroxyl groups is 2. The van der Waals surface area contributed by atoms with E-state index in [0.29, 0.717) is 5.70 Å². The van der Waals surface area contributed by atoms with Crippen LogP contribution in [0.15, 0.2) is 24.6 Å². The van der Waals surface area contributed by atoms with Gasteiger partial charge in [0.15, 0.2) is 5.12 Å². The first kappa shape index (κ1) is 32.8. The van der Waals surface area contributed by atoms with E-state index in [9.17, 15) is 29.2 Å². The number of aliphatic hydroxyl groups excluding tert-OH is 2. The second-order valence-corrected chi connectivity index (χ2v) is 14.3. The zero-order valence-corrected chi connectivity index (χ0v) is 24.9. The van der Waals surface area contributed by atoms with Crippen molar-refractivity contribution in [1.82, 2.24) is 15.3 Å². The molecule has 6 atom stereocenters. The molecule has 2 aliphatic heterocycles. The van der Waals surface area contributed by atoms with E-state index in [4.69, 9.17) is 13.8 Å². The van der Waals surface area contributed by atoms with Crippen LogP contribution < -0.4 is 10.4 Å². The van der Waals surface area contributed by atoms with E-state index in [1.165, 1.54) is 18.0 Å². The molecule has 0 saturated carbocycles. The van der Waals surface area contributed by atoms with E-state index in [0.717, 1.165) is 23.5 Å². The molecule has 12 nitrogen and oxygen atoms in total. The van der Waals surface area contributed by atoms with E-state index in [1.54, 1.807) is 40.7 Å². The predicted molar refractivity (Wildman–Crippen MR) is 146 cm³/mol. The van der Waals surface area contributed by atoms with Crippen molar-refractivity contribution < 1.29 is 42.9 Å². The van der Waals surface area contributed by atoms with Crippen molar-refractivity contribution in [2.24, 2.45) is 5.41 Å². The van der Waals surface area contributed by atoms with Crippen LogP contribution in [0.25, 0.3) is 0 Å². The van der Waals surface area contributed by atoms with Crippen LogP contribution in [0.1, 0.15) is 41.5 Å². The van der Waals surface area contributed by atoms with Crippen LogP contribution in [-0.2, 0) is 27.9 Å². The molecule has 1 fully saturated rings. The number of esters is 1. The number of nitrogens with zero attached hydrogens (tertiary/aromatic N) is 1. The van der Waals surface area contributed by atoms with Gasteiger partial charge in [-0.05, 0) is 26.8 Å². The number of allylic oxidation sites excluding steroid dienone is 1. The molecule has 0 spiro atoms. The lowest BCUT2D eigenvalue weighted by Gasteiger charge is -2.30. The quantitative estimate of drug-likeness (QED) is 0.148. The zero-order valence-electron chi connectivity index (χ0n) is 22.4. The lowest BCUT2D eigenvalue weighted by molar-refractivity contribution is -0.149. The molecule has 4 N–H and O–H groups in total. The second-order valence-electron chi connectivity index (χ2n) is 10.1. The highest BCUT2D eigenvalue weighted by atomic mass is 32.2. The molecule has 1 saturated heterocycles. The van der Waals surface area contributed by atoms with Gasteiger partial charge in [0.05, 0.1) is 30.7 Å². The van der Waals surface area contributed by atoms with Gasteiger partial charge in [0.1, 0.15) is 17.5 Å². The minimum atomic E-state index is -4.14. The van der Waals surface area contributed by atoms with Crippen molar-refractivity contribution in [1.29, 1.82) is 0 Å². The van der Waals surface area contributed by atoms with E-state index in [-0.39, 0.29) is 24.1 Å². The molecule has 15 heteroatoms. The van der Waals surface area contributed by atoms with E-state index in [1.807, 2.05) is 0 Å². The smallest absolute Gasteiger partial charge is 0.406 e. The molecule has 2 amide bonds. The standard InChI is InChI=1S/C23H38N3O9PS2/c1-13(2)35-20(29)15(4)25-36(32,33-10-11-37-21(30)23(5,6)7)34-12-16-17(27)18(28)19(38-16)26-9-8-14(3)24-22(26)31/h8-9,13,15-19,27-28H,3,10-12H2,1-2,4-7H3,(H,24,31)(H,25,32)/t15-,16+,17+,18+,19+,36?/m0/s1. The van der Waals surface area contributed by atoms with Crippen LogP contribution in [-0.4, -0.2) is 86.2 Å². The molecule has 0 radical (unpaired) electrons. The summed E-state index contributed by atoms with van der Waals surface area (Å²) in [5.74, 6) is -0.473. The van der Waals surface area contributed by atoms with Gasteiger partial charge in [-0.15, -0.1) is 11.8 Å². The molecule has 216 valence electrons. The van der Waals surface area contributed by atoms with Gasteiger partial charge in [-0.1, -0.05) is 39.1 Å². The fourth-order valence-electron chi connectivity index (χ4n) is 3.19. The number of ether oxygens (including phenoxy) is 1. The predicted octanol–water partition coefficient (Wildman–Crippen LogP) is 2.58. The first-order valence-corrected chi connectivity index (χ1v) is 15.5. The Balaban J connectivity index is 2.07. The van der Waals surface area contributed by atoms with Gasteiger partial charge in [0.25, 0.3) is 0 Å². The number of thioether (sulfide) groups is 2. The fourth-order valence-corrected chi connectivity index (χ4v) is 7.14. The van der Waals surface area contributed by atoms with Crippen LogP contribution in [0.5, 0.6) is 0 Å². The van der Waals surface area contributed by atoms with Crippen LogP contribution in [0, 0.1) is 5.41 Å². The molecule has 0 aromatic rings. The Labute approximate surface area is 231 Å². The van der Waals surface area contributed by atoms with E-state index >= 15 is 0 Å². The molecular formula is C23H38N3O9PS2. The van der Waals surface area contributed by atoms with Crippen molar-refractivity contribution in [3.8, 4) is 0 Å². The van der Waals surface area contributed by atoms with Crippen LogP contribution in [0.4, 0.5) is 4.79 Å². The van der Waals surface area contributed by atoms with Crippen LogP contribution >= 0.6 is 31.3 Å². The number of rotatable bonds is 12. The van der Waals surface area contributed by atoms with Crippen molar-refractivity contribution in [2.75, 3.05) is 19.0 Å². The Morgan fingerprint density at radius 2 is 1.92 bits per heavy atom. The summed E-state index contributed by atoms with van der Waals surface area (Å²) in [6, 6.07) is -1.57. The minimum absolute atomic E-state index is 0.0661. The zero-order chi connectivity index (χ0) is 28.8. The van der Waals surface area contributed by atoms with Gasteiger partial charge < -0.3 is 20.3 Å². The third-order valence-corrected chi connectivity index (χ3v) is 9.72. The molecular weight excluding hydrogens is 557 g/mol. The fraction of sp³-hybridized carbons (Fsp3) is 0.696. The van der Waals surface area contributed by atoms with Gasteiger partial charge in [0, 0.05) is 23.1 Å². The number of urea groups is 1. The normalized spacial score (nSPS) is 26.3. The lowest BCUT2D eigenvalue weighted by atomic mass is 10.00. The largest absolute Gasteiger partial charge is 0.462 e. The van der Waals surface area contributed by atoms with Crippen molar-refractivity contribution >= 4 is 48.4 Å². The SMILES string of the molecule is C=C1C=CN([C@@H]2S[C@H](COP(=O)(N[C@@H](C)C(=O)OC(C)C)OCCSC(=O)C(C)(C)C)[C@@H](O)[C@H]2O)C(=O)N1. The van der Waals surface area contributed by atoms with Crippen molar-refractivity contribution in [3.05, 3.63) is 24.6 Å². The summed E-state index contributed by atoms with van der Waals surface area (Å²) in [7, 11) is -4.14. The highest BCUT2D eigenvalue weighted by molar-refractivity contribution is 8.13. The number of hydrogen-bond donors (Lipinski definition) is 4. The highest BCUT2D eigenvalue weighted by Gasteiger charge is 2.47. The summed E-state index contributed by atoms with van der Waals surface area (Å²) in [5.41, 5.74) is -0.167. The number of carbonyl (C=O) groups is 3. The molecule has 0 aromatic heterocycles. The number of carbonyl (C=O) groups excluding carboxylic acids is 3. The van der Waals surface area contributed by atoms with Crippen molar-refractivity contribution in [3.63, 3.8) is 0 Å². The summed E-state index contributed by atoms with van der Waals surface area (Å²) >= 11 is 2.09. The summed E-state index contributed by atoms with van der Waals surface area (Å²) in [4.78, 5) is 38.0. The Bertz CT molecular complexity index is 972. The van der Waals surface area contributed by atoms with Gasteiger partial charge in [0.2, 0.25) is 0 Å². The Morgan fingerprint density at radius 3 is 2.50 bits per heavy atom. The molecule has 2 heterocycles. The maximum absolute atomic E-state index is 13.6. The third kappa shape index (κ3) is 9.37. The Kier molecular flexibility index (Phi) is 11.9. The Hall–Kier alpha value is -1.38. The summed E-state index contributed by atoms with van der Waals surface area (Å²) in [6.07, 6.45) is -0.0193. The molecule has 0 aliphatic carbocycles. The van der Waals surface area contributed by atoms with Gasteiger partial charge in [-0.2, -0.15) is 0 Å². The lowest BCUT2D eigenvalue weighted by Crippen LogP contribution is -2.48. The Morgan fingerprint density at radius 1 is 1.26 bits per heavy atom. The maximum atomic E-state index is 13.6. The molecule has 2 rings (SSSR count). The van der Waals surface area contributed by atoms with Crippen LogP contribution in [0.3, 0.4) is 0 Å². The van der Waals surface area contributed by atoms with E-state index in [2.05, 4.69) is 17.0 Å². The topological polar surface area (TPSA) is 164 Å². The van der Waals surface area contributed by atoms with Gasteiger partial charge in [-0.3, -0.25) is 23.5 Å². The molecule has 0 aromatic carbocycles. The average Bonchev–Trinajstić information content (AvgIpc) is 3.08. The van der Waals surface area contributed by atoms with Crippen molar-refractivity contribution in [2.45, 2.75) is 76.5 Å².